The Hall–Kier alpha value is -4.21. The van der Waals surface area contributed by atoms with Crippen LogP contribution in [0.4, 0.5) is 17.1 Å². The molecule has 0 radical (unpaired) electrons. The van der Waals surface area contributed by atoms with Gasteiger partial charge in [0.2, 0.25) is 30.1 Å². The lowest BCUT2D eigenvalue weighted by atomic mass is 10.3. The van der Waals surface area contributed by atoms with Crippen LogP contribution >= 0.6 is 0 Å². The van der Waals surface area contributed by atoms with Gasteiger partial charge in [0.05, 0.1) is 9.85 Å². The van der Waals surface area contributed by atoms with Crippen LogP contribution in [0, 0.1) is 25.1 Å². The lowest BCUT2D eigenvalue weighted by Crippen LogP contribution is -2.42. The zero-order valence-corrected chi connectivity index (χ0v) is 23.7. The molecule has 0 saturated carbocycles. The smallest absolute Gasteiger partial charge is 0.258 e. The first kappa shape index (κ1) is 32.3. The Labute approximate surface area is 239 Å². The van der Waals surface area contributed by atoms with Crippen molar-refractivity contribution in [3.8, 4) is 0 Å². The highest BCUT2D eigenvalue weighted by molar-refractivity contribution is 7.90. The third-order valence-electron chi connectivity index (χ3n) is 5.59. The first-order chi connectivity index (χ1) is 19.7. The summed E-state index contributed by atoms with van der Waals surface area (Å²) in [5, 5.41) is 25.4. The summed E-state index contributed by atoms with van der Waals surface area (Å²) in [6.45, 7) is -2.56. The minimum absolute atomic E-state index is 0.404. The molecule has 0 unspecified atom stereocenters. The average molecular weight is 643 g/mol. The van der Waals surface area contributed by atoms with Gasteiger partial charge in [0.15, 0.2) is 9.79 Å². The topological polar surface area (TPSA) is 245 Å². The van der Waals surface area contributed by atoms with E-state index in [0.29, 0.717) is 4.31 Å². The fraction of sp³-hybridized carbons (Fsp3) is 0.182. The van der Waals surface area contributed by atoms with Gasteiger partial charge in [-0.1, -0.05) is 36.4 Å². The van der Waals surface area contributed by atoms with Crippen LogP contribution in [0.25, 0.3) is 0 Å². The van der Waals surface area contributed by atoms with Crippen LogP contribution in [0.5, 0.6) is 0 Å². The van der Waals surface area contributed by atoms with Crippen molar-refractivity contribution in [3.05, 3.63) is 97.9 Å². The molecule has 0 aliphatic heterocycles. The van der Waals surface area contributed by atoms with Crippen LogP contribution in [0.15, 0.2) is 92.7 Å². The number of para-hydroxylation sites is 2. The van der Waals surface area contributed by atoms with Crippen LogP contribution in [0.1, 0.15) is 0 Å². The summed E-state index contributed by atoms with van der Waals surface area (Å²) in [6.07, 6.45) is 0. The number of nitro groups is 2. The Kier molecular flexibility index (Phi) is 10.1. The van der Waals surface area contributed by atoms with E-state index in [-0.39, 0.29) is 0 Å². The van der Waals surface area contributed by atoms with Gasteiger partial charge >= 0.3 is 0 Å². The van der Waals surface area contributed by atoms with Crippen LogP contribution in [0.3, 0.4) is 0 Å². The Balaban J connectivity index is 1.88. The zero-order chi connectivity index (χ0) is 31.1. The number of rotatable bonds is 15. The molecule has 3 aromatic carbocycles. The van der Waals surface area contributed by atoms with E-state index in [1.54, 1.807) is 0 Å². The fourth-order valence-electron chi connectivity index (χ4n) is 3.68. The summed E-state index contributed by atoms with van der Waals surface area (Å²) < 4.78 is 82.7. The highest BCUT2D eigenvalue weighted by Crippen LogP contribution is 2.27. The van der Waals surface area contributed by atoms with Crippen molar-refractivity contribution in [2.75, 3.05) is 26.2 Å². The molecule has 0 saturated heterocycles. The van der Waals surface area contributed by atoms with Gasteiger partial charge in [0, 0.05) is 38.3 Å². The molecule has 42 heavy (non-hydrogen) atoms. The molecule has 3 aromatic rings. The van der Waals surface area contributed by atoms with E-state index in [1.807, 2.05) is 0 Å². The van der Waals surface area contributed by atoms with Crippen LogP contribution < -0.4 is 9.44 Å². The molecular weight excluding hydrogens is 620 g/mol. The van der Waals surface area contributed by atoms with Crippen molar-refractivity contribution >= 4 is 47.1 Å². The quantitative estimate of drug-likeness (QED) is 0.137. The van der Waals surface area contributed by atoms with Gasteiger partial charge in [-0.05, 0) is 29.4 Å². The minimum Gasteiger partial charge on any atom is -0.258 e. The predicted octanol–water partition coefficient (Wildman–Crippen LogP) is 1.85. The molecule has 0 aliphatic carbocycles. The van der Waals surface area contributed by atoms with Crippen LogP contribution in [0.2, 0.25) is 0 Å². The van der Waals surface area contributed by atoms with E-state index in [1.165, 1.54) is 36.4 Å². The molecular formula is C22H22N6O11S3. The predicted molar refractivity (Wildman–Crippen MR) is 147 cm³/mol. The number of nitroso groups, excluding NO2 is 1. The zero-order valence-electron chi connectivity index (χ0n) is 21.3. The van der Waals surface area contributed by atoms with Crippen molar-refractivity contribution < 1.29 is 35.1 Å². The Morgan fingerprint density at radius 2 is 1.05 bits per heavy atom. The number of nitro benzene ring substituents is 2. The SMILES string of the molecule is O=Nc1ccccc1S(=O)(=O)NCCN(CCNS(=O)(=O)c1ccccc1[N+](=O)[O-])S(=O)(=O)c1ccccc1[N+](=O)[O-]. The molecule has 2 N–H and O–H groups in total. The minimum atomic E-state index is -4.73. The molecule has 20 heteroatoms. The first-order valence-corrected chi connectivity index (χ1v) is 16.0. The number of sulfonamides is 3. The Morgan fingerprint density at radius 3 is 1.55 bits per heavy atom. The van der Waals surface area contributed by atoms with Crippen molar-refractivity contribution in [1.82, 2.24) is 13.7 Å². The van der Waals surface area contributed by atoms with Crippen molar-refractivity contribution in [2.24, 2.45) is 5.18 Å². The maximum absolute atomic E-state index is 13.5. The highest BCUT2D eigenvalue weighted by atomic mass is 32.2. The molecule has 0 spiro atoms. The third kappa shape index (κ3) is 7.35. The lowest BCUT2D eigenvalue weighted by Gasteiger charge is -2.22. The lowest BCUT2D eigenvalue weighted by molar-refractivity contribution is -0.388. The van der Waals surface area contributed by atoms with E-state index in [9.17, 15) is 50.4 Å². The van der Waals surface area contributed by atoms with E-state index < -0.39 is 97.8 Å². The van der Waals surface area contributed by atoms with Gasteiger partial charge in [-0.3, -0.25) is 20.2 Å². The maximum Gasteiger partial charge on any atom is 0.289 e. The Bertz CT molecular complexity index is 1830. The second kappa shape index (κ2) is 13.2. The van der Waals surface area contributed by atoms with E-state index in [0.717, 1.165) is 36.4 Å². The van der Waals surface area contributed by atoms with Crippen molar-refractivity contribution in [3.63, 3.8) is 0 Å². The molecule has 0 bridgehead atoms. The first-order valence-electron chi connectivity index (χ1n) is 11.6. The fourth-order valence-corrected chi connectivity index (χ4v) is 7.62. The van der Waals surface area contributed by atoms with Gasteiger partial charge < -0.3 is 0 Å². The third-order valence-corrected chi connectivity index (χ3v) is 10.6. The molecule has 224 valence electrons. The summed E-state index contributed by atoms with van der Waals surface area (Å²) in [5.74, 6) is 0. The summed E-state index contributed by atoms with van der Waals surface area (Å²) in [6, 6.07) is 13.7. The number of nitrogens with one attached hydrogen (secondary N) is 2. The number of benzene rings is 3. The van der Waals surface area contributed by atoms with Crippen molar-refractivity contribution in [1.29, 1.82) is 0 Å². The summed E-state index contributed by atoms with van der Waals surface area (Å²) >= 11 is 0. The molecule has 0 aliphatic rings. The van der Waals surface area contributed by atoms with Gasteiger partial charge in [-0.15, -0.1) is 4.91 Å². The summed E-state index contributed by atoms with van der Waals surface area (Å²) in [5.41, 5.74) is -1.91. The average Bonchev–Trinajstić information content (AvgIpc) is 2.96. The maximum atomic E-state index is 13.5. The van der Waals surface area contributed by atoms with E-state index in [2.05, 4.69) is 14.6 Å². The van der Waals surface area contributed by atoms with Gasteiger partial charge in [0.25, 0.3) is 11.4 Å². The number of hydrogen-bond acceptors (Lipinski definition) is 12. The second-order valence-electron chi connectivity index (χ2n) is 8.21. The summed E-state index contributed by atoms with van der Waals surface area (Å²) in [7, 11) is -13.6. The Morgan fingerprint density at radius 1 is 0.643 bits per heavy atom. The van der Waals surface area contributed by atoms with Gasteiger partial charge in [0.1, 0.15) is 10.6 Å². The summed E-state index contributed by atoms with van der Waals surface area (Å²) in [4.78, 5) is 30.0. The largest absolute Gasteiger partial charge is 0.289 e. The molecule has 0 fully saturated rings. The standard InChI is InChI=1S/C22H22N6O11S3/c29-25-17-7-1-4-10-20(17)40(34,35)23-13-15-26(42(38,39)22-12-6-3-9-19(22)28(32)33)16-14-24-41(36,37)21-11-5-2-8-18(21)27(30)31/h1-12,23-24H,13-16H2. The van der Waals surface area contributed by atoms with Crippen LogP contribution in [-0.2, 0) is 30.1 Å². The monoisotopic (exact) mass is 642 g/mol. The molecule has 0 atom stereocenters. The van der Waals surface area contributed by atoms with E-state index in [4.69, 9.17) is 0 Å². The van der Waals surface area contributed by atoms with Gasteiger partial charge in [-0.2, -0.15) is 4.31 Å². The van der Waals surface area contributed by atoms with Crippen molar-refractivity contribution in [2.45, 2.75) is 14.7 Å². The molecule has 17 nitrogen and oxygen atoms in total. The molecule has 0 amide bonds. The van der Waals surface area contributed by atoms with Gasteiger partial charge in [-0.25, -0.2) is 34.7 Å². The molecule has 0 aromatic heterocycles. The van der Waals surface area contributed by atoms with Crippen LogP contribution in [-0.4, -0.2) is 65.6 Å². The molecule has 3 rings (SSSR count). The molecule has 0 heterocycles. The van der Waals surface area contributed by atoms with E-state index >= 15 is 0 Å². The second-order valence-corrected chi connectivity index (χ2v) is 13.6. The highest BCUT2D eigenvalue weighted by Gasteiger charge is 2.32. The number of hydrogen-bond donors (Lipinski definition) is 2. The number of nitrogens with zero attached hydrogens (tertiary/aromatic N) is 4. The normalized spacial score (nSPS) is 12.2.